The van der Waals surface area contributed by atoms with Crippen molar-refractivity contribution < 1.29 is 9.53 Å². The van der Waals surface area contributed by atoms with E-state index in [1.807, 2.05) is 18.2 Å². The van der Waals surface area contributed by atoms with Crippen LogP contribution in [-0.4, -0.2) is 50.6 Å². The van der Waals surface area contributed by atoms with Crippen molar-refractivity contribution in [1.29, 1.82) is 0 Å². The Balaban J connectivity index is 0.00000484. The number of amides is 1. The molecular weight excluding hydrogens is 427 g/mol. The molecule has 1 rings (SSSR count). The van der Waals surface area contributed by atoms with Gasteiger partial charge in [0.05, 0.1) is 6.54 Å². The molecule has 0 aliphatic carbocycles. The number of carbonyl (C=O) groups excluding carboxylic acids is 1. The van der Waals surface area contributed by atoms with Crippen molar-refractivity contribution in [2.45, 2.75) is 6.92 Å². The average molecular weight is 452 g/mol. The number of aliphatic imine (C=N–C) groups is 1. The van der Waals surface area contributed by atoms with Crippen molar-refractivity contribution in [1.82, 2.24) is 10.6 Å². The summed E-state index contributed by atoms with van der Waals surface area (Å²) in [5, 5.41) is 9.12. The van der Waals surface area contributed by atoms with E-state index in [9.17, 15) is 4.79 Å². The van der Waals surface area contributed by atoms with Crippen LogP contribution in [0.1, 0.15) is 6.92 Å². The number of anilines is 1. The number of hydrogen-bond donors (Lipinski definition) is 3. The molecule has 0 unspecified atom stereocenters. The van der Waals surface area contributed by atoms with Crippen LogP contribution < -0.4 is 20.7 Å². The SMILES string of the molecule is CN=C(NCCOc1cccc(NC(C)=O)c1)NCCSC.I. The largest absolute Gasteiger partial charge is 0.492 e. The van der Waals surface area contributed by atoms with Crippen molar-refractivity contribution in [2.75, 3.05) is 44.1 Å². The van der Waals surface area contributed by atoms with E-state index in [1.54, 1.807) is 24.9 Å². The summed E-state index contributed by atoms with van der Waals surface area (Å²) in [7, 11) is 1.74. The fourth-order valence-corrected chi connectivity index (χ4v) is 2.00. The first-order valence-corrected chi connectivity index (χ1v) is 8.49. The molecule has 0 fully saturated rings. The predicted octanol–water partition coefficient (Wildman–Crippen LogP) is 2.17. The Morgan fingerprint density at radius 2 is 2.04 bits per heavy atom. The molecule has 23 heavy (non-hydrogen) atoms. The Morgan fingerprint density at radius 3 is 2.70 bits per heavy atom. The molecule has 0 heterocycles. The minimum Gasteiger partial charge on any atom is -0.492 e. The van der Waals surface area contributed by atoms with E-state index in [2.05, 4.69) is 27.2 Å². The van der Waals surface area contributed by atoms with Crippen molar-refractivity contribution in [3.63, 3.8) is 0 Å². The first kappa shape index (κ1) is 21.8. The van der Waals surface area contributed by atoms with Crippen LogP contribution in [0.2, 0.25) is 0 Å². The number of thioether (sulfide) groups is 1. The molecule has 8 heteroatoms. The quantitative estimate of drug-likeness (QED) is 0.244. The zero-order chi connectivity index (χ0) is 16.2. The van der Waals surface area contributed by atoms with Crippen molar-refractivity contribution in [3.8, 4) is 5.75 Å². The third-order valence-electron chi connectivity index (χ3n) is 2.64. The minimum atomic E-state index is -0.0982. The topological polar surface area (TPSA) is 74.8 Å². The summed E-state index contributed by atoms with van der Waals surface area (Å²) < 4.78 is 5.65. The van der Waals surface area contributed by atoms with Gasteiger partial charge in [0.25, 0.3) is 0 Å². The summed E-state index contributed by atoms with van der Waals surface area (Å²) in [4.78, 5) is 15.2. The molecule has 3 N–H and O–H groups in total. The van der Waals surface area contributed by atoms with Crippen LogP contribution in [-0.2, 0) is 4.79 Å². The maximum Gasteiger partial charge on any atom is 0.221 e. The molecule has 1 amide bonds. The van der Waals surface area contributed by atoms with Gasteiger partial charge in [-0.15, -0.1) is 24.0 Å². The van der Waals surface area contributed by atoms with Crippen molar-refractivity contribution in [2.24, 2.45) is 4.99 Å². The van der Waals surface area contributed by atoms with Crippen LogP contribution >= 0.6 is 35.7 Å². The van der Waals surface area contributed by atoms with Gasteiger partial charge in [0, 0.05) is 38.0 Å². The molecule has 1 aromatic rings. The van der Waals surface area contributed by atoms with Gasteiger partial charge in [0.1, 0.15) is 12.4 Å². The molecule has 0 aliphatic rings. The van der Waals surface area contributed by atoms with Gasteiger partial charge in [-0.05, 0) is 18.4 Å². The Labute approximate surface area is 159 Å². The number of hydrogen-bond acceptors (Lipinski definition) is 4. The van der Waals surface area contributed by atoms with Crippen LogP contribution in [0.25, 0.3) is 0 Å². The summed E-state index contributed by atoms with van der Waals surface area (Å²) >= 11 is 1.79. The number of guanidine groups is 1. The van der Waals surface area contributed by atoms with E-state index < -0.39 is 0 Å². The number of nitrogens with one attached hydrogen (secondary N) is 3. The number of ether oxygens (including phenoxy) is 1. The monoisotopic (exact) mass is 452 g/mol. The van der Waals surface area contributed by atoms with Gasteiger partial charge >= 0.3 is 0 Å². The zero-order valence-electron chi connectivity index (χ0n) is 13.7. The second kappa shape index (κ2) is 13.3. The van der Waals surface area contributed by atoms with Crippen LogP contribution in [0.15, 0.2) is 29.3 Å². The smallest absolute Gasteiger partial charge is 0.221 e. The number of benzene rings is 1. The van der Waals surface area contributed by atoms with Crippen molar-refractivity contribution >= 4 is 53.3 Å². The predicted molar refractivity (Wildman–Crippen MR) is 109 cm³/mol. The van der Waals surface area contributed by atoms with E-state index in [0.717, 1.165) is 29.7 Å². The molecule has 0 radical (unpaired) electrons. The second-order valence-electron chi connectivity index (χ2n) is 4.48. The zero-order valence-corrected chi connectivity index (χ0v) is 16.9. The highest BCUT2D eigenvalue weighted by atomic mass is 127. The fourth-order valence-electron chi connectivity index (χ4n) is 1.70. The summed E-state index contributed by atoms with van der Waals surface area (Å²) in [5.74, 6) is 2.43. The molecule has 0 aromatic heterocycles. The molecule has 0 aliphatic heterocycles. The number of nitrogens with zero attached hydrogens (tertiary/aromatic N) is 1. The Kier molecular flexibility index (Phi) is 12.6. The molecule has 6 nitrogen and oxygen atoms in total. The maximum absolute atomic E-state index is 11.0. The molecular formula is C15H25IN4O2S. The summed E-state index contributed by atoms with van der Waals surface area (Å²) in [6, 6.07) is 7.32. The van der Waals surface area contributed by atoms with Gasteiger partial charge in [-0.1, -0.05) is 6.07 Å². The third kappa shape index (κ3) is 10.3. The molecule has 130 valence electrons. The molecule has 0 bridgehead atoms. The van der Waals surface area contributed by atoms with E-state index in [4.69, 9.17) is 4.74 Å². The number of rotatable bonds is 8. The molecule has 0 saturated heterocycles. The standard InChI is InChI=1S/C15H24N4O2S.HI/c1-12(20)19-13-5-4-6-14(11-13)21-9-7-17-15(16-2)18-8-10-22-3;/h4-6,11H,7-10H2,1-3H3,(H,19,20)(H2,16,17,18);1H. The molecule has 0 atom stereocenters. The molecule has 0 spiro atoms. The maximum atomic E-state index is 11.0. The lowest BCUT2D eigenvalue weighted by Gasteiger charge is -2.12. The number of halogens is 1. The fraction of sp³-hybridized carbons (Fsp3) is 0.467. The molecule has 1 aromatic carbocycles. The van der Waals surface area contributed by atoms with Crippen LogP contribution in [0.4, 0.5) is 5.69 Å². The first-order valence-electron chi connectivity index (χ1n) is 7.09. The average Bonchev–Trinajstić information content (AvgIpc) is 2.49. The van der Waals surface area contributed by atoms with Crippen molar-refractivity contribution in [3.05, 3.63) is 24.3 Å². The highest BCUT2D eigenvalue weighted by molar-refractivity contribution is 14.0. The van der Waals surface area contributed by atoms with E-state index in [1.165, 1.54) is 6.92 Å². The van der Waals surface area contributed by atoms with E-state index >= 15 is 0 Å². The number of carbonyl (C=O) groups is 1. The van der Waals surface area contributed by atoms with E-state index in [0.29, 0.717) is 13.2 Å². The third-order valence-corrected chi connectivity index (χ3v) is 3.25. The Morgan fingerprint density at radius 1 is 1.30 bits per heavy atom. The van der Waals surface area contributed by atoms with Gasteiger partial charge in [0.2, 0.25) is 5.91 Å². The van der Waals surface area contributed by atoms with Crippen LogP contribution in [0.5, 0.6) is 5.75 Å². The normalized spacial score (nSPS) is 10.5. The van der Waals surface area contributed by atoms with Gasteiger partial charge in [-0.3, -0.25) is 9.79 Å². The van der Waals surface area contributed by atoms with Gasteiger partial charge in [-0.2, -0.15) is 11.8 Å². The first-order chi connectivity index (χ1) is 10.7. The Hall–Kier alpha value is -1.16. The summed E-state index contributed by atoms with van der Waals surface area (Å²) in [6.07, 6.45) is 2.07. The highest BCUT2D eigenvalue weighted by Crippen LogP contribution is 2.16. The van der Waals surface area contributed by atoms with Gasteiger partial charge < -0.3 is 20.7 Å². The second-order valence-corrected chi connectivity index (χ2v) is 5.46. The lowest BCUT2D eigenvalue weighted by Crippen LogP contribution is -2.40. The van der Waals surface area contributed by atoms with Gasteiger partial charge in [0.15, 0.2) is 5.96 Å². The Bertz CT molecular complexity index is 500. The molecule has 0 saturated carbocycles. The van der Waals surface area contributed by atoms with Gasteiger partial charge in [-0.25, -0.2) is 0 Å². The summed E-state index contributed by atoms with van der Waals surface area (Å²) in [5.41, 5.74) is 0.729. The lowest BCUT2D eigenvalue weighted by atomic mass is 10.3. The van der Waals surface area contributed by atoms with Crippen LogP contribution in [0.3, 0.4) is 0 Å². The highest BCUT2D eigenvalue weighted by Gasteiger charge is 2.00. The lowest BCUT2D eigenvalue weighted by molar-refractivity contribution is -0.114. The minimum absolute atomic E-state index is 0. The van der Waals surface area contributed by atoms with Crippen LogP contribution in [0, 0.1) is 0 Å². The summed E-state index contributed by atoms with van der Waals surface area (Å²) in [6.45, 7) is 3.50. The van der Waals surface area contributed by atoms with E-state index in [-0.39, 0.29) is 29.9 Å².